The monoisotopic (exact) mass is 296 g/mol. The van der Waals surface area contributed by atoms with Gasteiger partial charge in [-0.1, -0.05) is 11.6 Å². The lowest BCUT2D eigenvalue weighted by molar-refractivity contribution is 0.351. The van der Waals surface area contributed by atoms with Crippen LogP contribution in [0.2, 0.25) is 5.02 Å². The van der Waals surface area contributed by atoms with Crippen LogP contribution in [0.15, 0.2) is 36.4 Å². The minimum absolute atomic E-state index is 0.169. The van der Waals surface area contributed by atoms with E-state index >= 15 is 0 Å². The molecule has 20 heavy (non-hydrogen) atoms. The Bertz CT molecular complexity index is 519. The first-order valence-corrected chi connectivity index (χ1v) is 6.21. The van der Waals surface area contributed by atoms with Gasteiger partial charge in [-0.15, -0.1) is 0 Å². The fourth-order valence-corrected chi connectivity index (χ4v) is 1.83. The van der Waals surface area contributed by atoms with Crippen LogP contribution in [0.1, 0.15) is 5.56 Å². The second-order valence-electron chi connectivity index (χ2n) is 4.03. The Labute approximate surface area is 123 Å². The number of aromatic hydroxyl groups is 2. The number of benzene rings is 2. The highest BCUT2D eigenvalue weighted by Crippen LogP contribution is 2.29. The Kier molecular flexibility index (Phi) is 6.00. The summed E-state index contributed by atoms with van der Waals surface area (Å²) in [5, 5.41) is 18.5. The van der Waals surface area contributed by atoms with Gasteiger partial charge in [-0.2, -0.15) is 0 Å². The van der Waals surface area contributed by atoms with E-state index in [1.807, 2.05) is 6.92 Å². The van der Waals surface area contributed by atoms with Gasteiger partial charge < -0.3 is 19.7 Å². The van der Waals surface area contributed by atoms with Crippen molar-refractivity contribution in [2.45, 2.75) is 6.92 Å². The molecule has 2 aromatic carbocycles. The molecule has 0 aromatic heterocycles. The van der Waals surface area contributed by atoms with Gasteiger partial charge in [0.2, 0.25) is 0 Å². The largest absolute Gasteiger partial charge is 0.508 e. The number of aryl methyl sites for hydroxylation is 1. The lowest BCUT2D eigenvalue weighted by atomic mass is 10.2. The van der Waals surface area contributed by atoms with Crippen molar-refractivity contribution in [3.8, 4) is 23.0 Å². The van der Waals surface area contributed by atoms with E-state index in [-0.39, 0.29) is 11.5 Å². The summed E-state index contributed by atoms with van der Waals surface area (Å²) >= 11 is 5.59. The molecule has 0 fully saturated rings. The molecule has 0 bridgehead atoms. The zero-order chi connectivity index (χ0) is 15.1. The number of hydrogen-bond acceptors (Lipinski definition) is 4. The Morgan fingerprint density at radius 2 is 1.50 bits per heavy atom. The zero-order valence-corrected chi connectivity index (χ0v) is 12.3. The van der Waals surface area contributed by atoms with Crippen molar-refractivity contribution in [1.29, 1.82) is 0 Å². The van der Waals surface area contributed by atoms with Crippen LogP contribution < -0.4 is 9.47 Å². The van der Waals surface area contributed by atoms with E-state index in [1.165, 1.54) is 19.2 Å². The Morgan fingerprint density at radius 1 is 0.850 bits per heavy atom. The van der Waals surface area contributed by atoms with Crippen LogP contribution >= 0.6 is 11.6 Å². The summed E-state index contributed by atoms with van der Waals surface area (Å²) in [6.45, 7) is 1.88. The summed E-state index contributed by atoms with van der Waals surface area (Å²) in [5.74, 6) is 1.54. The van der Waals surface area contributed by atoms with Gasteiger partial charge in [0.15, 0.2) is 11.5 Å². The molecule has 0 spiro atoms. The minimum Gasteiger partial charge on any atom is -0.508 e. The van der Waals surface area contributed by atoms with Crippen molar-refractivity contribution in [3.63, 3.8) is 0 Å². The SMILES string of the molecule is COc1ccc(O)cc1OC.Cc1cc(O)cc(Cl)c1. The number of ether oxygens (including phenoxy) is 2. The molecule has 0 unspecified atom stereocenters. The quantitative estimate of drug-likeness (QED) is 0.886. The highest BCUT2D eigenvalue weighted by Gasteiger charge is 2.02. The van der Waals surface area contributed by atoms with Crippen molar-refractivity contribution in [2.75, 3.05) is 14.2 Å². The first-order valence-electron chi connectivity index (χ1n) is 5.83. The molecule has 0 radical (unpaired) electrons. The molecule has 0 atom stereocenters. The molecule has 2 N–H and O–H groups in total. The van der Waals surface area contributed by atoms with Gasteiger partial charge in [0.05, 0.1) is 14.2 Å². The standard InChI is InChI=1S/C8H10O3.C7H7ClO/c1-10-7-4-3-6(9)5-8(7)11-2;1-5-2-6(8)4-7(9)3-5/h3-5,9H,1-2H3;2-4,9H,1H3. The summed E-state index contributed by atoms with van der Waals surface area (Å²) < 4.78 is 9.89. The van der Waals surface area contributed by atoms with Crippen molar-refractivity contribution >= 4 is 11.6 Å². The molecule has 108 valence electrons. The Balaban J connectivity index is 0.000000204. The third-order valence-electron chi connectivity index (χ3n) is 2.39. The molecule has 0 amide bonds. The molecule has 0 saturated carbocycles. The topological polar surface area (TPSA) is 58.9 Å². The first-order chi connectivity index (χ1) is 9.46. The molecule has 0 heterocycles. The Hall–Kier alpha value is -2.07. The molecule has 0 aliphatic heterocycles. The molecule has 0 aliphatic carbocycles. The second kappa shape index (κ2) is 7.50. The van der Waals surface area contributed by atoms with Crippen LogP contribution in [0.4, 0.5) is 0 Å². The van der Waals surface area contributed by atoms with E-state index in [0.29, 0.717) is 16.5 Å². The number of methoxy groups -OCH3 is 2. The van der Waals surface area contributed by atoms with Crippen LogP contribution in [0.25, 0.3) is 0 Å². The summed E-state index contributed by atoms with van der Waals surface area (Å²) in [7, 11) is 3.08. The van der Waals surface area contributed by atoms with E-state index < -0.39 is 0 Å². The highest BCUT2D eigenvalue weighted by molar-refractivity contribution is 6.30. The van der Waals surface area contributed by atoms with E-state index in [2.05, 4.69) is 0 Å². The third kappa shape index (κ3) is 4.90. The van der Waals surface area contributed by atoms with E-state index in [9.17, 15) is 0 Å². The van der Waals surface area contributed by atoms with Crippen LogP contribution in [-0.4, -0.2) is 24.4 Å². The number of halogens is 1. The predicted molar refractivity (Wildman–Crippen MR) is 79.1 cm³/mol. The fraction of sp³-hybridized carbons (Fsp3) is 0.200. The number of rotatable bonds is 2. The van der Waals surface area contributed by atoms with Gasteiger partial charge >= 0.3 is 0 Å². The molecule has 5 heteroatoms. The van der Waals surface area contributed by atoms with Gasteiger partial charge in [-0.05, 0) is 42.8 Å². The summed E-state index contributed by atoms with van der Waals surface area (Å²) in [4.78, 5) is 0. The Morgan fingerprint density at radius 3 is 2.00 bits per heavy atom. The lowest BCUT2D eigenvalue weighted by Crippen LogP contribution is -1.88. The fourth-order valence-electron chi connectivity index (χ4n) is 1.54. The lowest BCUT2D eigenvalue weighted by Gasteiger charge is -2.06. The normalized spacial score (nSPS) is 9.40. The number of phenols is 2. The molecular formula is C15H17ClO4. The number of hydrogen-bond donors (Lipinski definition) is 2. The van der Waals surface area contributed by atoms with Crippen molar-refractivity contribution in [3.05, 3.63) is 47.0 Å². The van der Waals surface area contributed by atoms with Crippen LogP contribution in [-0.2, 0) is 0 Å². The molecule has 0 aliphatic rings. The van der Waals surface area contributed by atoms with E-state index in [1.54, 1.807) is 31.4 Å². The van der Waals surface area contributed by atoms with E-state index in [0.717, 1.165) is 5.56 Å². The van der Waals surface area contributed by atoms with Gasteiger partial charge in [-0.25, -0.2) is 0 Å². The average Bonchev–Trinajstić information content (AvgIpc) is 2.37. The second-order valence-corrected chi connectivity index (χ2v) is 4.46. The summed E-state index contributed by atoms with van der Waals surface area (Å²) in [6, 6.07) is 9.65. The van der Waals surface area contributed by atoms with Crippen LogP contribution in [0, 0.1) is 6.92 Å². The predicted octanol–water partition coefficient (Wildman–Crippen LogP) is 3.76. The average molecular weight is 297 g/mol. The maximum absolute atomic E-state index is 9.03. The summed E-state index contributed by atoms with van der Waals surface area (Å²) in [6.07, 6.45) is 0. The molecule has 2 aromatic rings. The smallest absolute Gasteiger partial charge is 0.164 e. The van der Waals surface area contributed by atoms with Crippen LogP contribution in [0.5, 0.6) is 23.0 Å². The van der Waals surface area contributed by atoms with Crippen LogP contribution in [0.3, 0.4) is 0 Å². The van der Waals surface area contributed by atoms with Crippen molar-refractivity contribution in [2.24, 2.45) is 0 Å². The summed E-state index contributed by atoms with van der Waals surface area (Å²) in [5.41, 5.74) is 0.972. The third-order valence-corrected chi connectivity index (χ3v) is 2.61. The maximum atomic E-state index is 9.03. The molecule has 2 rings (SSSR count). The van der Waals surface area contributed by atoms with Gasteiger partial charge in [0.25, 0.3) is 0 Å². The van der Waals surface area contributed by atoms with Gasteiger partial charge in [0, 0.05) is 11.1 Å². The van der Waals surface area contributed by atoms with E-state index in [4.69, 9.17) is 31.3 Å². The molecule has 0 saturated heterocycles. The molecular weight excluding hydrogens is 280 g/mol. The molecule has 4 nitrogen and oxygen atoms in total. The highest BCUT2D eigenvalue weighted by atomic mass is 35.5. The van der Waals surface area contributed by atoms with Gasteiger partial charge in [-0.3, -0.25) is 0 Å². The zero-order valence-electron chi connectivity index (χ0n) is 11.6. The van der Waals surface area contributed by atoms with Crippen molar-refractivity contribution in [1.82, 2.24) is 0 Å². The first kappa shape index (κ1) is 16.0. The van der Waals surface area contributed by atoms with Crippen molar-refractivity contribution < 1.29 is 19.7 Å². The minimum atomic E-state index is 0.169. The van der Waals surface area contributed by atoms with Gasteiger partial charge in [0.1, 0.15) is 11.5 Å². The maximum Gasteiger partial charge on any atom is 0.164 e. The number of phenolic OH excluding ortho intramolecular Hbond substituents is 2.